The van der Waals surface area contributed by atoms with Gasteiger partial charge in [-0.2, -0.15) is 0 Å². The molecule has 0 saturated heterocycles. The Balaban J connectivity index is 1.75. The van der Waals surface area contributed by atoms with E-state index in [1.807, 2.05) is 48.2 Å². The lowest BCUT2D eigenvalue weighted by Crippen LogP contribution is -2.43. The average Bonchev–Trinajstić information content (AvgIpc) is 3.07. The molecule has 2 atom stereocenters. The second kappa shape index (κ2) is 8.17. The van der Waals surface area contributed by atoms with Crippen molar-refractivity contribution in [2.75, 3.05) is 13.2 Å². The topological polar surface area (TPSA) is 52.6 Å². The minimum atomic E-state index is -0.0634. The number of amides is 2. The van der Waals surface area contributed by atoms with Crippen LogP contribution in [-0.2, 0) is 6.42 Å². The summed E-state index contributed by atoms with van der Waals surface area (Å²) in [5.74, 6) is 0. The van der Waals surface area contributed by atoms with Gasteiger partial charge in [0.2, 0.25) is 0 Å². The van der Waals surface area contributed by atoms with Crippen LogP contribution in [0, 0.1) is 0 Å². The first-order valence-corrected chi connectivity index (χ1v) is 9.01. The summed E-state index contributed by atoms with van der Waals surface area (Å²) in [6.45, 7) is 2.65. The van der Waals surface area contributed by atoms with Gasteiger partial charge in [-0.3, -0.25) is 0 Å². The lowest BCUT2D eigenvalue weighted by molar-refractivity contribution is 0.162. The third kappa shape index (κ3) is 4.02. The molecule has 2 aromatic carbocycles. The first-order chi connectivity index (χ1) is 12.2. The molecule has 0 aromatic heterocycles. The van der Waals surface area contributed by atoms with Crippen molar-refractivity contribution in [1.29, 1.82) is 0 Å². The van der Waals surface area contributed by atoms with E-state index in [9.17, 15) is 9.90 Å². The molecule has 1 aliphatic rings. The maximum Gasteiger partial charge on any atom is 0.318 e. The molecule has 0 saturated carbocycles. The minimum absolute atomic E-state index is 0.0537. The summed E-state index contributed by atoms with van der Waals surface area (Å²) in [5.41, 5.74) is 3.65. The van der Waals surface area contributed by atoms with E-state index >= 15 is 0 Å². The molecule has 0 aliphatic heterocycles. The van der Waals surface area contributed by atoms with Crippen LogP contribution in [0.4, 0.5) is 4.79 Å². The molecule has 0 bridgehead atoms. The number of nitrogens with zero attached hydrogens (tertiary/aromatic N) is 1. The molecule has 4 heteroatoms. The zero-order valence-electron chi connectivity index (χ0n) is 14.7. The van der Waals surface area contributed by atoms with Crippen LogP contribution < -0.4 is 5.32 Å². The third-order valence-electron chi connectivity index (χ3n) is 4.93. The molecule has 2 N–H and O–H groups in total. The number of aryl methyl sites for hydroxylation is 1. The van der Waals surface area contributed by atoms with Crippen molar-refractivity contribution in [3.63, 3.8) is 0 Å². The molecule has 2 aromatic rings. The van der Waals surface area contributed by atoms with Crippen molar-refractivity contribution in [3.8, 4) is 0 Å². The van der Waals surface area contributed by atoms with Crippen molar-refractivity contribution in [2.24, 2.45) is 0 Å². The number of hydrogen-bond acceptors (Lipinski definition) is 2. The van der Waals surface area contributed by atoms with Crippen LogP contribution >= 0.6 is 0 Å². The number of hydrogen-bond donors (Lipinski definition) is 2. The molecule has 2 unspecified atom stereocenters. The van der Waals surface area contributed by atoms with Gasteiger partial charge in [0.25, 0.3) is 0 Å². The van der Waals surface area contributed by atoms with Crippen LogP contribution in [0.15, 0.2) is 54.6 Å². The van der Waals surface area contributed by atoms with Crippen molar-refractivity contribution in [1.82, 2.24) is 10.2 Å². The first kappa shape index (κ1) is 17.5. The van der Waals surface area contributed by atoms with Gasteiger partial charge in [-0.1, -0.05) is 54.6 Å². The number of carbonyl (C=O) groups excluding carboxylic acids is 1. The maximum atomic E-state index is 13.0. The SMILES string of the molecule is CC(NC(=O)N(CCCO)C1CCc2ccccc21)c1ccccc1. The van der Waals surface area contributed by atoms with Gasteiger partial charge in [0.15, 0.2) is 0 Å². The molecule has 1 aliphatic carbocycles. The number of rotatable bonds is 6. The smallest absolute Gasteiger partial charge is 0.318 e. The molecule has 4 nitrogen and oxygen atoms in total. The van der Waals surface area contributed by atoms with E-state index in [4.69, 9.17) is 0 Å². The molecule has 25 heavy (non-hydrogen) atoms. The van der Waals surface area contributed by atoms with Crippen LogP contribution in [-0.4, -0.2) is 29.2 Å². The van der Waals surface area contributed by atoms with Gasteiger partial charge in [-0.15, -0.1) is 0 Å². The van der Waals surface area contributed by atoms with Crippen molar-refractivity contribution < 1.29 is 9.90 Å². The Morgan fingerprint density at radius 2 is 1.92 bits per heavy atom. The molecule has 3 rings (SSSR count). The number of aliphatic hydroxyl groups is 1. The van der Waals surface area contributed by atoms with Crippen LogP contribution in [0.2, 0.25) is 0 Å². The van der Waals surface area contributed by atoms with Crippen molar-refractivity contribution in [3.05, 3.63) is 71.3 Å². The van der Waals surface area contributed by atoms with Gasteiger partial charge < -0.3 is 15.3 Å². The van der Waals surface area contributed by atoms with E-state index in [1.54, 1.807) is 0 Å². The summed E-state index contributed by atoms with van der Waals surface area (Å²) in [7, 11) is 0. The van der Waals surface area contributed by atoms with E-state index in [0.29, 0.717) is 13.0 Å². The molecule has 0 heterocycles. The lowest BCUT2D eigenvalue weighted by atomic mass is 10.1. The Morgan fingerprint density at radius 3 is 2.68 bits per heavy atom. The zero-order chi connectivity index (χ0) is 17.6. The van der Waals surface area contributed by atoms with Gasteiger partial charge in [-0.05, 0) is 42.9 Å². The summed E-state index contributed by atoms with van der Waals surface area (Å²) in [4.78, 5) is 14.9. The number of urea groups is 1. The molecule has 0 spiro atoms. The lowest BCUT2D eigenvalue weighted by Gasteiger charge is -2.31. The highest BCUT2D eigenvalue weighted by molar-refractivity contribution is 5.75. The largest absolute Gasteiger partial charge is 0.396 e. The van der Waals surface area contributed by atoms with E-state index in [-0.39, 0.29) is 24.7 Å². The second-order valence-electron chi connectivity index (χ2n) is 6.61. The van der Waals surface area contributed by atoms with E-state index in [1.165, 1.54) is 11.1 Å². The second-order valence-corrected chi connectivity index (χ2v) is 6.61. The fraction of sp³-hybridized carbons (Fsp3) is 0.381. The average molecular weight is 338 g/mol. The third-order valence-corrected chi connectivity index (χ3v) is 4.93. The van der Waals surface area contributed by atoms with Crippen LogP contribution in [0.5, 0.6) is 0 Å². The molecule has 2 amide bonds. The summed E-state index contributed by atoms with van der Waals surface area (Å²) < 4.78 is 0. The Hall–Kier alpha value is -2.33. The maximum absolute atomic E-state index is 13.0. The summed E-state index contributed by atoms with van der Waals surface area (Å²) in [6.07, 6.45) is 2.53. The molecule has 0 fully saturated rings. The molecule has 0 radical (unpaired) electrons. The van der Waals surface area contributed by atoms with Gasteiger partial charge in [0, 0.05) is 13.2 Å². The summed E-state index contributed by atoms with van der Waals surface area (Å²) >= 11 is 0. The van der Waals surface area contributed by atoms with Crippen LogP contribution in [0.3, 0.4) is 0 Å². The Kier molecular flexibility index (Phi) is 5.71. The predicted molar refractivity (Wildman–Crippen MR) is 99.3 cm³/mol. The monoisotopic (exact) mass is 338 g/mol. The number of carbonyl (C=O) groups is 1. The Labute approximate surface area is 149 Å². The number of fused-ring (bicyclic) bond motifs is 1. The first-order valence-electron chi connectivity index (χ1n) is 9.01. The zero-order valence-corrected chi connectivity index (χ0v) is 14.7. The van der Waals surface area contributed by atoms with Crippen molar-refractivity contribution in [2.45, 2.75) is 38.3 Å². The summed E-state index contributed by atoms with van der Waals surface area (Å²) in [5, 5.41) is 12.4. The van der Waals surface area contributed by atoms with Gasteiger partial charge >= 0.3 is 6.03 Å². The highest BCUT2D eigenvalue weighted by Gasteiger charge is 2.31. The molecular weight excluding hydrogens is 312 g/mol. The number of aliphatic hydroxyl groups excluding tert-OH is 1. The predicted octanol–water partition coefficient (Wildman–Crippen LogP) is 3.83. The minimum Gasteiger partial charge on any atom is -0.396 e. The summed E-state index contributed by atoms with van der Waals surface area (Å²) in [6, 6.07) is 18.3. The van der Waals surface area contributed by atoms with E-state index < -0.39 is 0 Å². The fourth-order valence-electron chi connectivity index (χ4n) is 3.59. The molecular formula is C21H26N2O2. The van der Waals surface area contributed by atoms with Gasteiger partial charge in [0.1, 0.15) is 0 Å². The van der Waals surface area contributed by atoms with E-state index in [0.717, 1.165) is 18.4 Å². The highest BCUT2D eigenvalue weighted by Crippen LogP contribution is 2.35. The van der Waals surface area contributed by atoms with Crippen LogP contribution in [0.1, 0.15) is 48.5 Å². The Bertz CT molecular complexity index is 702. The Morgan fingerprint density at radius 1 is 1.20 bits per heavy atom. The van der Waals surface area contributed by atoms with Gasteiger partial charge in [0.05, 0.1) is 12.1 Å². The number of benzene rings is 2. The fourth-order valence-corrected chi connectivity index (χ4v) is 3.59. The standard InChI is InChI=1S/C21H26N2O2/c1-16(17-8-3-2-4-9-17)22-21(25)23(14-7-15-24)20-13-12-18-10-5-6-11-19(18)20/h2-6,8-11,16,20,24H,7,12-15H2,1H3,(H,22,25). The normalized spacial score (nSPS) is 17.0. The molecule has 132 valence electrons. The van der Waals surface area contributed by atoms with Gasteiger partial charge in [-0.25, -0.2) is 4.79 Å². The number of nitrogens with one attached hydrogen (secondary N) is 1. The van der Waals surface area contributed by atoms with E-state index in [2.05, 4.69) is 23.5 Å². The quantitative estimate of drug-likeness (QED) is 0.841. The van der Waals surface area contributed by atoms with Crippen molar-refractivity contribution >= 4 is 6.03 Å². The van der Waals surface area contributed by atoms with Crippen LogP contribution in [0.25, 0.3) is 0 Å². The highest BCUT2D eigenvalue weighted by atomic mass is 16.3.